The first-order valence-electron chi connectivity index (χ1n) is 7.15. The van der Waals surface area contributed by atoms with Crippen LogP contribution in [-0.2, 0) is 6.42 Å². The van der Waals surface area contributed by atoms with Crippen LogP contribution in [0.2, 0.25) is 0 Å². The van der Waals surface area contributed by atoms with E-state index in [0.717, 1.165) is 30.6 Å². The average Bonchev–Trinajstić information content (AvgIpc) is 2.53. The van der Waals surface area contributed by atoms with Crippen LogP contribution >= 0.6 is 0 Å². The second-order valence-corrected chi connectivity index (χ2v) is 5.10. The van der Waals surface area contributed by atoms with E-state index in [9.17, 15) is 9.90 Å². The molecule has 3 N–H and O–H groups in total. The van der Waals surface area contributed by atoms with Crippen molar-refractivity contribution in [3.05, 3.63) is 59.7 Å². The van der Waals surface area contributed by atoms with Gasteiger partial charge in [0.2, 0.25) is 0 Å². The summed E-state index contributed by atoms with van der Waals surface area (Å²) < 4.78 is 0. The van der Waals surface area contributed by atoms with Gasteiger partial charge in [-0.2, -0.15) is 0 Å². The lowest BCUT2D eigenvalue weighted by Gasteiger charge is -2.09. The molecule has 116 valence electrons. The maximum atomic E-state index is 11.5. The van der Waals surface area contributed by atoms with E-state index >= 15 is 0 Å². The van der Waals surface area contributed by atoms with Gasteiger partial charge < -0.3 is 10.4 Å². The number of amides is 1. The Labute approximate surface area is 129 Å². The third-order valence-electron chi connectivity index (χ3n) is 3.33. The molecule has 0 aliphatic rings. The number of phenols is 1. The molecule has 0 bridgehead atoms. The lowest BCUT2D eigenvalue weighted by Crippen LogP contribution is -2.22. The monoisotopic (exact) mass is 300 g/mol. The number of hydrogen-bond acceptors (Lipinski definition) is 4. The Balaban J connectivity index is 1.77. The fourth-order valence-electron chi connectivity index (χ4n) is 2.11. The predicted molar refractivity (Wildman–Crippen MR) is 85.2 cm³/mol. The van der Waals surface area contributed by atoms with Gasteiger partial charge in [0.15, 0.2) is 0 Å². The van der Waals surface area contributed by atoms with Crippen molar-refractivity contribution in [2.75, 3.05) is 18.9 Å². The van der Waals surface area contributed by atoms with Crippen LogP contribution in [0.5, 0.6) is 5.75 Å². The number of rotatable bonds is 6. The molecule has 2 aromatic carbocycles. The van der Waals surface area contributed by atoms with Crippen molar-refractivity contribution < 1.29 is 15.1 Å². The van der Waals surface area contributed by atoms with Gasteiger partial charge in [-0.3, -0.25) is 10.0 Å². The van der Waals surface area contributed by atoms with Crippen LogP contribution < -0.4 is 5.32 Å². The Kier molecular flexibility index (Phi) is 5.38. The Hall–Kier alpha value is -2.53. The molecule has 5 nitrogen and oxygen atoms in total. The summed E-state index contributed by atoms with van der Waals surface area (Å²) in [7, 11) is 1.31. The molecule has 2 aromatic rings. The topological polar surface area (TPSA) is 72.8 Å². The Morgan fingerprint density at radius 2 is 1.73 bits per heavy atom. The zero-order chi connectivity index (χ0) is 15.9. The second-order valence-electron chi connectivity index (χ2n) is 5.10. The van der Waals surface area contributed by atoms with Crippen molar-refractivity contribution in [2.24, 2.45) is 0 Å². The van der Waals surface area contributed by atoms with Crippen LogP contribution in [0, 0.1) is 0 Å². The van der Waals surface area contributed by atoms with E-state index in [1.54, 1.807) is 24.3 Å². The number of benzene rings is 2. The molecule has 0 radical (unpaired) electrons. The molecule has 0 saturated carbocycles. The van der Waals surface area contributed by atoms with Crippen LogP contribution in [0.1, 0.15) is 22.3 Å². The number of nitrogens with zero attached hydrogens (tertiary/aromatic N) is 1. The van der Waals surface area contributed by atoms with Gasteiger partial charge in [-0.25, -0.2) is 5.06 Å². The van der Waals surface area contributed by atoms with Gasteiger partial charge in [0, 0.05) is 24.8 Å². The fourth-order valence-corrected chi connectivity index (χ4v) is 2.11. The minimum atomic E-state index is -0.416. The number of nitrogens with one attached hydrogen (secondary N) is 1. The number of carbonyl (C=O) groups excluding carboxylic acids is 1. The summed E-state index contributed by atoms with van der Waals surface area (Å²) in [5.74, 6) is -0.158. The molecule has 0 aromatic heterocycles. The minimum Gasteiger partial charge on any atom is -0.508 e. The molecule has 0 atom stereocenters. The SMILES string of the molecule is CN(O)C(=O)c1ccc(CCCNc2ccc(O)cc2)cc1. The molecule has 5 heteroatoms. The van der Waals surface area contributed by atoms with Gasteiger partial charge in [0.05, 0.1) is 0 Å². The third-order valence-corrected chi connectivity index (χ3v) is 3.33. The van der Waals surface area contributed by atoms with Crippen molar-refractivity contribution >= 4 is 11.6 Å². The van der Waals surface area contributed by atoms with E-state index in [0.29, 0.717) is 10.6 Å². The molecule has 0 fully saturated rings. The summed E-state index contributed by atoms with van der Waals surface area (Å²) in [6.07, 6.45) is 1.85. The van der Waals surface area contributed by atoms with E-state index < -0.39 is 5.91 Å². The first-order valence-corrected chi connectivity index (χ1v) is 7.15. The highest BCUT2D eigenvalue weighted by molar-refractivity contribution is 5.93. The zero-order valence-corrected chi connectivity index (χ0v) is 12.5. The summed E-state index contributed by atoms with van der Waals surface area (Å²) >= 11 is 0. The number of aromatic hydroxyl groups is 1. The number of hydroxylamine groups is 2. The number of aryl methyl sites for hydroxylation is 1. The molecule has 0 aliphatic carbocycles. The summed E-state index contributed by atoms with van der Waals surface area (Å²) in [4.78, 5) is 11.5. The summed E-state index contributed by atoms with van der Waals surface area (Å²) in [6.45, 7) is 0.824. The van der Waals surface area contributed by atoms with Crippen molar-refractivity contribution in [3.8, 4) is 5.75 Å². The molecule has 22 heavy (non-hydrogen) atoms. The maximum Gasteiger partial charge on any atom is 0.276 e. The normalized spacial score (nSPS) is 10.3. The van der Waals surface area contributed by atoms with Gasteiger partial charge in [0.1, 0.15) is 5.75 Å². The van der Waals surface area contributed by atoms with Crippen molar-refractivity contribution in [1.82, 2.24) is 5.06 Å². The second kappa shape index (κ2) is 7.47. The molecule has 1 amide bonds. The van der Waals surface area contributed by atoms with Crippen molar-refractivity contribution in [1.29, 1.82) is 0 Å². The average molecular weight is 300 g/mol. The lowest BCUT2D eigenvalue weighted by molar-refractivity contribution is -0.0374. The Bertz CT molecular complexity index is 607. The Morgan fingerprint density at radius 3 is 2.32 bits per heavy atom. The zero-order valence-electron chi connectivity index (χ0n) is 12.5. The van der Waals surface area contributed by atoms with E-state index in [2.05, 4.69) is 5.32 Å². The first kappa shape index (κ1) is 15.9. The van der Waals surface area contributed by atoms with Gasteiger partial charge in [-0.05, 0) is 54.8 Å². The van der Waals surface area contributed by atoms with Crippen LogP contribution in [0.4, 0.5) is 5.69 Å². The van der Waals surface area contributed by atoms with Crippen LogP contribution in [0.15, 0.2) is 48.5 Å². The minimum absolute atomic E-state index is 0.258. The molecule has 0 aliphatic heterocycles. The van der Waals surface area contributed by atoms with Crippen molar-refractivity contribution in [2.45, 2.75) is 12.8 Å². The van der Waals surface area contributed by atoms with Gasteiger partial charge in [-0.1, -0.05) is 12.1 Å². The standard InChI is InChI=1S/C17H20N2O3/c1-19(22)17(21)14-6-4-13(5-7-14)3-2-12-18-15-8-10-16(20)11-9-15/h4-11,18,20,22H,2-3,12H2,1H3. The van der Waals surface area contributed by atoms with E-state index in [1.807, 2.05) is 24.3 Å². The summed E-state index contributed by atoms with van der Waals surface area (Å²) in [5.41, 5.74) is 2.59. The van der Waals surface area contributed by atoms with Crippen LogP contribution in [0.25, 0.3) is 0 Å². The predicted octanol–water partition coefficient (Wildman–Crippen LogP) is 2.90. The number of hydrogen-bond donors (Lipinski definition) is 3. The smallest absolute Gasteiger partial charge is 0.276 e. The van der Waals surface area contributed by atoms with Gasteiger partial charge in [-0.15, -0.1) is 0 Å². The number of phenolic OH excluding ortho intramolecular Hbond substituents is 1. The summed E-state index contributed by atoms with van der Waals surface area (Å²) in [5, 5.41) is 22.2. The van der Waals surface area contributed by atoms with Gasteiger partial charge in [0.25, 0.3) is 5.91 Å². The molecule has 0 saturated heterocycles. The molecule has 0 heterocycles. The van der Waals surface area contributed by atoms with E-state index in [4.69, 9.17) is 5.21 Å². The van der Waals surface area contributed by atoms with Crippen LogP contribution in [-0.4, -0.2) is 34.9 Å². The molecule has 0 spiro atoms. The van der Waals surface area contributed by atoms with E-state index in [-0.39, 0.29) is 5.75 Å². The van der Waals surface area contributed by atoms with Crippen LogP contribution in [0.3, 0.4) is 0 Å². The highest BCUT2D eigenvalue weighted by atomic mass is 16.5. The largest absolute Gasteiger partial charge is 0.508 e. The summed E-state index contributed by atoms with van der Waals surface area (Å²) in [6, 6.07) is 14.2. The molecule has 0 unspecified atom stereocenters. The van der Waals surface area contributed by atoms with Gasteiger partial charge >= 0.3 is 0 Å². The van der Waals surface area contributed by atoms with Crippen molar-refractivity contribution in [3.63, 3.8) is 0 Å². The molecular formula is C17H20N2O3. The maximum absolute atomic E-state index is 11.5. The fraction of sp³-hybridized carbons (Fsp3) is 0.235. The lowest BCUT2D eigenvalue weighted by atomic mass is 10.1. The quantitative estimate of drug-likeness (QED) is 0.332. The van der Waals surface area contributed by atoms with E-state index in [1.165, 1.54) is 7.05 Å². The first-order chi connectivity index (χ1) is 10.6. The highest BCUT2D eigenvalue weighted by Crippen LogP contribution is 2.14. The molecule has 2 rings (SSSR count). The third kappa shape index (κ3) is 4.49. The highest BCUT2D eigenvalue weighted by Gasteiger charge is 2.08. The number of anilines is 1. The Morgan fingerprint density at radius 1 is 1.09 bits per heavy atom. The number of carbonyl (C=O) groups is 1. The molecular weight excluding hydrogens is 280 g/mol.